The first-order valence-corrected chi connectivity index (χ1v) is 11.3. The van der Waals surface area contributed by atoms with Gasteiger partial charge in [-0.25, -0.2) is 0 Å². The number of likely N-dealkylation sites (tertiary alicyclic amines) is 1. The molecule has 0 radical (unpaired) electrons. The van der Waals surface area contributed by atoms with E-state index in [9.17, 15) is 0 Å². The van der Waals surface area contributed by atoms with Gasteiger partial charge in [0.1, 0.15) is 0 Å². The molecule has 0 aliphatic carbocycles. The van der Waals surface area contributed by atoms with Crippen molar-refractivity contribution >= 4 is 17.3 Å². The van der Waals surface area contributed by atoms with E-state index >= 15 is 0 Å². The van der Waals surface area contributed by atoms with Gasteiger partial charge in [0, 0.05) is 44.6 Å². The van der Waals surface area contributed by atoms with Gasteiger partial charge in [-0.1, -0.05) is 18.9 Å². The van der Waals surface area contributed by atoms with Crippen LogP contribution in [0.5, 0.6) is 0 Å². The first kappa shape index (κ1) is 20.6. The summed E-state index contributed by atoms with van der Waals surface area (Å²) in [5, 5.41) is 9.21. The van der Waals surface area contributed by atoms with E-state index in [4.69, 9.17) is 4.74 Å². The van der Waals surface area contributed by atoms with Crippen LogP contribution in [0.4, 0.5) is 0 Å². The Kier molecular flexibility index (Phi) is 8.87. The van der Waals surface area contributed by atoms with Gasteiger partial charge in [-0.3, -0.25) is 9.89 Å². The second-order valence-corrected chi connectivity index (χ2v) is 8.29. The van der Waals surface area contributed by atoms with Crippen molar-refractivity contribution in [3.8, 4) is 0 Å². The number of hydrogen-bond acceptors (Lipinski definition) is 5. The van der Waals surface area contributed by atoms with Gasteiger partial charge in [-0.05, 0) is 37.4 Å². The van der Waals surface area contributed by atoms with Crippen LogP contribution >= 0.6 is 11.3 Å². The van der Waals surface area contributed by atoms with Crippen molar-refractivity contribution in [2.45, 2.75) is 31.7 Å². The van der Waals surface area contributed by atoms with Gasteiger partial charge in [0.05, 0.1) is 19.3 Å². The Bertz CT molecular complexity index is 537. The zero-order valence-electron chi connectivity index (χ0n) is 16.7. The van der Waals surface area contributed by atoms with Gasteiger partial charge in [0.25, 0.3) is 0 Å². The summed E-state index contributed by atoms with van der Waals surface area (Å²) in [7, 11) is 1.86. The average Bonchev–Trinajstić information content (AvgIpc) is 3.11. The number of thiophene rings is 1. The van der Waals surface area contributed by atoms with Crippen LogP contribution in [0.15, 0.2) is 22.5 Å². The lowest BCUT2D eigenvalue weighted by atomic mass is 10.2. The number of hydrogen-bond donors (Lipinski definition) is 2. The fourth-order valence-electron chi connectivity index (χ4n) is 3.89. The number of aliphatic imine (C=N–C) groups is 1. The Morgan fingerprint density at radius 2 is 1.93 bits per heavy atom. The summed E-state index contributed by atoms with van der Waals surface area (Å²) in [6.45, 7) is 9.02. The van der Waals surface area contributed by atoms with Crippen LogP contribution in [0, 0.1) is 0 Å². The van der Waals surface area contributed by atoms with Crippen molar-refractivity contribution in [2.24, 2.45) is 4.99 Å². The molecule has 0 amide bonds. The Labute approximate surface area is 168 Å². The summed E-state index contributed by atoms with van der Waals surface area (Å²) in [5.41, 5.74) is 0. The number of nitrogens with zero attached hydrogens (tertiary/aromatic N) is 3. The van der Waals surface area contributed by atoms with Crippen molar-refractivity contribution in [2.75, 3.05) is 66.1 Å². The minimum absolute atomic E-state index is 0.373. The highest BCUT2D eigenvalue weighted by Gasteiger charge is 2.23. The largest absolute Gasteiger partial charge is 0.379 e. The number of morpholine rings is 1. The van der Waals surface area contributed by atoms with Gasteiger partial charge >= 0.3 is 0 Å². The van der Waals surface area contributed by atoms with Crippen molar-refractivity contribution in [3.63, 3.8) is 0 Å². The zero-order valence-corrected chi connectivity index (χ0v) is 17.5. The topological polar surface area (TPSA) is 52.1 Å². The molecule has 1 unspecified atom stereocenters. The predicted octanol–water partition coefficient (Wildman–Crippen LogP) is 2.16. The summed E-state index contributed by atoms with van der Waals surface area (Å²) in [4.78, 5) is 10.9. The van der Waals surface area contributed by atoms with E-state index in [1.807, 2.05) is 18.4 Å². The lowest BCUT2D eigenvalue weighted by Gasteiger charge is -2.34. The minimum atomic E-state index is 0.373. The third-order valence-electron chi connectivity index (χ3n) is 5.46. The molecule has 0 aromatic carbocycles. The number of ether oxygens (including phenoxy) is 1. The first-order valence-electron chi connectivity index (χ1n) is 10.4. The highest BCUT2D eigenvalue weighted by atomic mass is 32.1. The summed E-state index contributed by atoms with van der Waals surface area (Å²) in [5.74, 6) is 0.902. The molecular weight excluding hydrogens is 358 g/mol. The SMILES string of the molecule is CN=C(NCCN1CCCCCC1)NCC(c1cccs1)N1CCOCC1. The third-order valence-corrected chi connectivity index (χ3v) is 6.44. The van der Waals surface area contributed by atoms with Gasteiger partial charge in [0.15, 0.2) is 5.96 Å². The quantitative estimate of drug-likeness (QED) is 0.549. The molecule has 3 rings (SSSR count). The molecule has 3 heterocycles. The molecule has 6 nitrogen and oxygen atoms in total. The minimum Gasteiger partial charge on any atom is -0.379 e. The highest BCUT2D eigenvalue weighted by Crippen LogP contribution is 2.25. The highest BCUT2D eigenvalue weighted by molar-refractivity contribution is 7.10. The smallest absolute Gasteiger partial charge is 0.191 e. The molecule has 2 saturated heterocycles. The number of nitrogens with one attached hydrogen (secondary N) is 2. The van der Waals surface area contributed by atoms with E-state index in [0.717, 1.165) is 51.9 Å². The summed E-state index contributed by atoms with van der Waals surface area (Å²) < 4.78 is 5.53. The van der Waals surface area contributed by atoms with E-state index in [0.29, 0.717) is 6.04 Å². The molecule has 2 fully saturated rings. The van der Waals surface area contributed by atoms with Crippen molar-refractivity contribution in [1.29, 1.82) is 0 Å². The third kappa shape index (κ3) is 6.75. The van der Waals surface area contributed by atoms with Crippen LogP contribution in [0.2, 0.25) is 0 Å². The molecule has 1 aromatic heterocycles. The maximum Gasteiger partial charge on any atom is 0.191 e. The van der Waals surface area contributed by atoms with Gasteiger partial charge in [-0.15, -0.1) is 11.3 Å². The second-order valence-electron chi connectivity index (χ2n) is 7.32. The van der Waals surface area contributed by atoms with Gasteiger partial charge < -0.3 is 20.3 Å². The second kappa shape index (κ2) is 11.6. The zero-order chi connectivity index (χ0) is 18.7. The van der Waals surface area contributed by atoms with Crippen LogP contribution < -0.4 is 10.6 Å². The Balaban J connectivity index is 1.46. The standard InChI is InChI=1S/C20H35N5OS/c1-21-20(22-8-11-24-9-4-2-3-5-10-24)23-17-18(19-7-6-16-27-19)25-12-14-26-15-13-25/h6-7,16,18H,2-5,8-15,17H2,1H3,(H2,21,22,23). The first-order chi connectivity index (χ1) is 13.4. The van der Waals surface area contributed by atoms with Crippen LogP contribution in [-0.4, -0.2) is 81.8 Å². The molecule has 0 saturated carbocycles. The summed E-state index contributed by atoms with van der Waals surface area (Å²) in [6, 6.07) is 4.75. The van der Waals surface area contributed by atoms with Crippen LogP contribution in [0.1, 0.15) is 36.6 Å². The summed E-state index contributed by atoms with van der Waals surface area (Å²) in [6.07, 6.45) is 5.46. The molecule has 1 aromatic rings. The normalized spacial score (nSPS) is 21.6. The van der Waals surface area contributed by atoms with E-state index in [1.54, 1.807) is 0 Å². The Morgan fingerprint density at radius 1 is 1.15 bits per heavy atom. The Hall–Kier alpha value is -1.15. The molecule has 7 heteroatoms. The van der Waals surface area contributed by atoms with E-state index in [-0.39, 0.29) is 0 Å². The molecule has 2 N–H and O–H groups in total. The van der Waals surface area contributed by atoms with Crippen LogP contribution in [-0.2, 0) is 4.74 Å². The van der Waals surface area contributed by atoms with Crippen molar-refractivity contribution in [1.82, 2.24) is 20.4 Å². The summed E-state index contributed by atoms with van der Waals surface area (Å²) >= 11 is 1.83. The maximum atomic E-state index is 5.53. The average molecular weight is 394 g/mol. The van der Waals surface area contributed by atoms with E-state index < -0.39 is 0 Å². The fraction of sp³-hybridized carbons (Fsp3) is 0.750. The molecule has 0 spiro atoms. The maximum absolute atomic E-state index is 5.53. The molecule has 1 atom stereocenters. The Morgan fingerprint density at radius 3 is 2.59 bits per heavy atom. The van der Waals surface area contributed by atoms with E-state index in [2.05, 4.69) is 42.9 Å². The van der Waals surface area contributed by atoms with Gasteiger partial charge in [-0.2, -0.15) is 0 Å². The van der Waals surface area contributed by atoms with Crippen molar-refractivity contribution < 1.29 is 4.74 Å². The van der Waals surface area contributed by atoms with Crippen LogP contribution in [0.3, 0.4) is 0 Å². The number of rotatable bonds is 7. The van der Waals surface area contributed by atoms with E-state index in [1.165, 1.54) is 43.6 Å². The molecule has 2 aliphatic heterocycles. The monoisotopic (exact) mass is 393 g/mol. The van der Waals surface area contributed by atoms with Gasteiger partial charge in [0.2, 0.25) is 0 Å². The molecule has 0 bridgehead atoms. The predicted molar refractivity (Wildman–Crippen MR) is 114 cm³/mol. The fourth-order valence-corrected chi connectivity index (χ4v) is 4.75. The lowest BCUT2D eigenvalue weighted by molar-refractivity contribution is 0.0177. The number of guanidine groups is 1. The molecule has 27 heavy (non-hydrogen) atoms. The molecular formula is C20H35N5OS. The molecule has 2 aliphatic rings. The van der Waals surface area contributed by atoms with Crippen LogP contribution in [0.25, 0.3) is 0 Å². The van der Waals surface area contributed by atoms with Crippen molar-refractivity contribution in [3.05, 3.63) is 22.4 Å². The molecule has 152 valence electrons. The lowest BCUT2D eigenvalue weighted by Crippen LogP contribution is -2.47.